The van der Waals surface area contributed by atoms with Crippen LogP contribution in [-0.4, -0.2) is 36.8 Å². The zero-order chi connectivity index (χ0) is 19.9. The van der Waals surface area contributed by atoms with Gasteiger partial charge in [0.1, 0.15) is 0 Å². The summed E-state index contributed by atoms with van der Waals surface area (Å²) in [4.78, 5) is 16.6. The molecular formula is C18H17N3O5S2. The minimum absolute atomic E-state index is 0.140. The zero-order valence-electron chi connectivity index (χ0n) is 15.2. The van der Waals surface area contributed by atoms with Gasteiger partial charge in [-0.2, -0.15) is 16.3 Å². The number of esters is 1. The zero-order valence-corrected chi connectivity index (χ0v) is 16.8. The number of anilines is 1. The molecule has 2 aromatic heterocycles. The fourth-order valence-corrected chi connectivity index (χ4v) is 5.17. The molecule has 1 aliphatic rings. The summed E-state index contributed by atoms with van der Waals surface area (Å²) in [6.07, 6.45) is 1.71. The summed E-state index contributed by atoms with van der Waals surface area (Å²) in [6.45, 7) is 1.69. The lowest BCUT2D eigenvalue weighted by Crippen LogP contribution is -2.34. The molecule has 0 N–H and O–H groups in total. The summed E-state index contributed by atoms with van der Waals surface area (Å²) in [7, 11) is -3.37. The SMILES string of the molecule is CC1Cc2cc(C(=O)OCc3nc(-c4ccsc4)no3)ccc2N1S(C)(=O)=O. The van der Waals surface area contributed by atoms with Crippen LogP contribution in [0.25, 0.3) is 11.4 Å². The van der Waals surface area contributed by atoms with Crippen LogP contribution in [0.4, 0.5) is 5.69 Å². The van der Waals surface area contributed by atoms with E-state index in [9.17, 15) is 13.2 Å². The lowest BCUT2D eigenvalue weighted by atomic mass is 10.1. The van der Waals surface area contributed by atoms with E-state index in [0.717, 1.165) is 11.1 Å². The van der Waals surface area contributed by atoms with Crippen LogP contribution in [-0.2, 0) is 27.8 Å². The van der Waals surface area contributed by atoms with Crippen molar-refractivity contribution >= 4 is 33.0 Å². The van der Waals surface area contributed by atoms with Gasteiger partial charge in [-0.3, -0.25) is 4.31 Å². The molecule has 3 aromatic rings. The van der Waals surface area contributed by atoms with Crippen molar-refractivity contribution in [1.82, 2.24) is 10.1 Å². The van der Waals surface area contributed by atoms with Gasteiger partial charge in [-0.1, -0.05) is 5.16 Å². The summed E-state index contributed by atoms with van der Waals surface area (Å²) in [5, 5.41) is 7.67. The Hall–Kier alpha value is -2.72. The Morgan fingerprint density at radius 3 is 2.93 bits per heavy atom. The quantitative estimate of drug-likeness (QED) is 0.586. The Morgan fingerprint density at radius 1 is 1.39 bits per heavy atom. The molecule has 1 aromatic carbocycles. The monoisotopic (exact) mass is 419 g/mol. The van der Waals surface area contributed by atoms with Crippen LogP contribution < -0.4 is 4.31 Å². The van der Waals surface area contributed by atoms with Gasteiger partial charge in [0.05, 0.1) is 17.5 Å². The van der Waals surface area contributed by atoms with E-state index in [0.29, 0.717) is 23.5 Å². The molecule has 3 heterocycles. The van der Waals surface area contributed by atoms with Crippen LogP contribution in [0, 0.1) is 0 Å². The standard InChI is InChI=1S/C18H17N3O5S2/c1-11-7-14-8-12(3-4-15(14)21(11)28(2,23)24)18(22)25-9-16-19-17(20-26-16)13-5-6-27-10-13/h3-6,8,10-11H,7,9H2,1-2H3. The molecule has 28 heavy (non-hydrogen) atoms. The fourth-order valence-electron chi connectivity index (χ4n) is 3.27. The second-order valence-corrected chi connectivity index (χ2v) is 9.19. The number of fused-ring (bicyclic) bond motifs is 1. The van der Waals surface area contributed by atoms with Crippen molar-refractivity contribution in [3.8, 4) is 11.4 Å². The van der Waals surface area contributed by atoms with E-state index in [4.69, 9.17) is 9.26 Å². The molecule has 1 aliphatic heterocycles. The van der Waals surface area contributed by atoms with Crippen LogP contribution in [0.2, 0.25) is 0 Å². The number of benzene rings is 1. The highest BCUT2D eigenvalue weighted by atomic mass is 32.2. The predicted molar refractivity (Wildman–Crippen MR) is 104 cm³/mol. The van der Waals surface area contributed by atoms with Gasteiger partial charge in [0.15, 0.2) is 6.61 Å². The second-order valence-electron chi connectivity index (χ2n) is 6.56. The molecule has 8 nitrogen and oxygen atoms in total. The summed E-state index contributed by atoms with van der Waals surface area (Å²) < 4.78 is 35.7. The molecule has 0 spiro atoms. The Balaban J connectivity index is 1.46. The van der Waals surface area contributed by atoms with E-state index < -0.39 is 16.0 Å². The van der Waals surface area contributed by atoms with E-state index in [1.165, 1.54) is 21.9 Å². The number of nitrogens with zero attached hydrogens (tertiary/aromatic N) is 3. The molecule has 0 bridgehead atoms. The van der Waals surface area contributed by atoms with Gasteiger partial charge in [-0.15, -0.1) is 0 Å². The normalized spacial score (nSPS) is 16.2. The molecule has 0 saturated heterocycles. The molecule has 1 unspecified atom stereocenters. The average molecular weight is 419 g/mol. The number of ether oxygens (including phenoxy) is 1. The van der Waals surface area contributed by atoms with Crippen molar-refractivity contribution in [2.75, 3.05) is 10.6 Å². The molecule has 0 aliphatic carbocycles. The Bertz CT molecular complexity index is 1120. The van der Waals surface area contributed by atoms with Crippen LogP contribution in [0.1, 0.15) is 28.7 Å². The third kappa shape index (κ3) is 3.52. The molecule has 1 atom stereocenters. The topological polar surface area (TPSA) is 103 Å². The molecule has 10 heteroatoms. The third-order valence-corrected chi connectivity index (χ3v) is 6.35. The summed E-state index contributed by atoms with van der Waals surface area (Å²) in [5.74, 6) is 0.107. The van der Waals surface area contributed by atoms with Gasteiger partial charge >= 0.3 is 5.97 Å². The molecule has 4 rings (SSSR count). The third-order valence-electron chi connectivity index (χ3n) is 4.40. The number of hydrogen-bond acceptors (Lipinski definition) is 8. The number of sulfonamides is 1. The highest BCUT2D eigenvalue weighted by Crippen LogP contribution is 2.34. The Morgan fingerprint density at radius 2 is 2.21 bits per heavy atom. The van der Waals surface area contributed by atoms with Crippen molar-refractivity contribution in [2.24, 2.45) is 0 Å². The second kappa shape index (κ2) is 7.02. The van der Waals surface area contributed by atoms with E-state index in [1.54, 1.807) is 18.2 Å². The van der Waals surface area contributed by atoms with Crippen LogP contribution in [0.5, 0.6) is 0 Å². The number of aromatic nitrogens is 2. The predicted octanol–water partition coefficient (Wildman–Crippen LogP) is 2.87. The van der Waals surface area contributed by atoms with E-state index in [2.05, 4.69) is 10.1 Å². The highest BCUT2D eigenvalue weighted by molar-refractivity contribution is 7.92. The Kier molecular flexibility index (Phi) is 4.68. The minimum atomic E-state index is -3.37. The lowest BCUT2D eigenvalue weighted by Gasteiger charge is -2.21. The largest absolute Gasteiger partial charge is 0.452 e. The Labute approximate surface area is 165 Å². The van der Waals surface area contributed by atoms with Gasteiger partial charge in [0.2, 0.25) is 15.8 Å². The first-order valence-electron chi connectivity index (χ1n) is 8.47. The van der Waals surface area contributed by atoms with Crippen LogP contribution in [0.15, 0.2) is 39.5 Å². The number of rotatable bonds is 5. The van der Waals surface area contributed by atoms with Gasteiger partial charge in [-0.25, -0.2) is 13.2 Å². The van der Waals surface area contributed by atoms with Crippen molar-refractivity contribution in [3.63, 3.8) is 0 Å². The lowest BCUT2D eigenvalue weighted by molar-refractivity contribution is 0.0429. The smallest absolute Gasteiger partial charge is 0.338 e. The molecule has 146 valence electrons. The van der Waals surface area contributed by atoms with Crippen molar-refractivity contribution < 1.29 is 22.5 Å². The van der Waals surface area contributed by atoms with Gasteiger partial charge in [-0.05, 0) is 48.6 Å². The molecule has 0 radical (unpaired) electrons. The summed E-state index contributed by atoms with van der Waals surface area (Å²) >= 11 is 1.52. The number of carbonyl (C=O) groups excluding carboxylic acids is 1. The van der Waals surface area contributed by atoms with Crippen LogP contribution in [0.3, 0.4) is 0 Å². The molecule has 0 fully saturated rings. The van der Waals surface area contributed by atoms with Gasteiger partial charge < -0.3 is 9.26 Å². The van der Waals surface area contributed by atoms with Gasteiger partial charge in [0, 0.05) is 17.0 Å². The van der Waals surface area contributed by atoms with Crippen molar-refractivity contribution in [1.29, 1.82) is 0 Å². The maximum absolute atomic E-state index is 12.4. The average Bonchev–Trinajstić information content (AvgIpc) is 3.36. The summed E-state index contributed by atoms with van der Waals surface area (Å²) in [6, 6.07) is 6.55. The fraction of sp³-hybridized carbons (Fsp3) is 0.278. The number of hydrogen-bond donors (Lipinski definition) is 0. The maximum Gasteiger partial charge on any atom is 0.338 e. The number of carbonyl (C=O) groups is 1. The minimum Gasteiger partial charge on any atom is -0.452 e. The van der Waals surface area contributed by atoms with E-state index >= 15 is 0 Å². The van der Waals surface area contributed by atoms with E-state index in [1.807, 2.05) is 23.8 Å². The van der Waals surface area contributed by atoms with Crippen molar-refractivity contribution in [2.45, 2.75) is 26.0 Å². The first kappa shape index (κ1) is 18.6. The van der Waals surface area contributed by atoms with Gasteiger partial charge in [0.25, 0.3) is 5.89 Å². The van der Waals surface area contributed by atoms with Crippen LogP contribution >= 0.6 is 11.3 Å². The van der Waals surface area contributed by atoms with Crippen molar-refractivity contribution in [3.05, 3.63) is 52.0 Å². The molecule has 0 amide bonds. The highest BCUT2D eigenvalue weighted by Gasteiger charge is 2.33. The van der Waals surface area contributed by atoms with E-state index in [-0.39, 0.29) is 18.5 Å². The first-order chi connectivity index (χ1) is 13.3. The first-order valence-corrected chi connectivity index (χ1v) is 11.3. The summed E-state index contributed by atoms with van der Waals surface area (Å²) in [5.41, 5.74) is 2.59. The number of thiophene rings is 1. The molecule has 0 saturated carbocycles. The molecular weight excluding hydrogens is 402 g/mol. The maximum atomic E-state index is 12.4.